The zero-order chi connectivity index (χ0) is 23.1. The van der Waals surface area contributed by atoms with Crippen LogP contribution in [0.25, 0.3) is 0 Å². The lowest BCUT2D eigenvalue weighted by molar-refractivity contribution is -0.113. The van der Waals surface area contributed by atoms with E-state index in [0.29, 0.717) is 22.2 Å². The molecule has 10 nitrogen and oxygen atoms in total. The number of carbonyl (C=O) groups is 3. The second-order valence-electron chi connectivity index (χ2n) is 6.69. The van der Waals surface area contributed by atoms with Gasteiger partial charge in [-0.25, -0.2) is 4.79 Å². The Bertz CT molecular complexity index is 1100. The number of aliphatic hydroxyl groups is 1. The highest BCUT2D eigenvalue weighted by Crippen LogP contribution is 2.20. The van der Waals surface area contributed by atoms with Crippen LogP contribution in [0.5, 0.6) is 0 Å². The van der Waals surface area contributed by atoms with Crippen LogP contribution in [0.4, 0.5) is 5.69 Å². The van der Waals surface area contributed by atoms with Crippen LogP contribution in [0.2, 0.25) is 0 Å². The zero-order valence-electron chi connectivity index (χ0n) is 17.1. The maximum Gasteiger partial charge on any atom is 0.335 e. The summed E-state index contributed by atoms with van der Waals surface area (Å²) in [5, 5.41) is 32.6. The monoisotopic (exact) mass is 455 g/mol. The molecule has 1 atom stereocenters. The van der Waals surface area contributed by atoms with Crippen molar-refractivity contribution >= 4 is 35.2 Å². The van der Waals surface area contributed by atoms with Gasteiger partial charge in [0, 0.05) is 18.3 Å². The van der Waals surface area contributed by atoms with Gasteiger partial charge in [-0.15, -0.1) is 10.2 Å². The number of carboxylic acids is 1. The number of nitrogens with one attached hydrogen (secondary N) is 2. The maximum absolute atomic E-state index is 12.4. The molecule has 166 valence electrons. The fourth-order valence-corrected chi connectivity index (χ4v) is 3.52. The molecule has 4 N–H and O–H groups in total. The molecule has 0 aliphatic rings. The number of amides is 2. The van der Waals surface area contributed by atoms with Crippen molar-refractivity contribution in [3.63, 3.8) is 0 Å². The molecule has 3 aromatic rings. The number of aromatic carboxylic acids is 1. The average molecular weight is 455 g/mol. The minimum absolute atomic E-state index is 0.0345. The number of aromatic nitrogens is 3. The van der Waals surface area contributed by atoms with Gasteiger partial charge in [0.2, 0.25) is 5.91 Å². The van der Waals surface area contributed by atoms with Crippen LogP contribution in [0.15, 0.2) is 59.8 Å². The molecule has 0 saturated heterocycles. The first-order valence-electron chi connectivity index (χ1n) is 9.51. The summed E-state index contributed by atoms with van der Waals surface area (Å²) >= 11 is 1.14. The molecule has 1 heterocycles. The van der Waals surface area contributed by atoms with Gasteiger partial charge in [-0.2, -0.15) is 0 Å². The van der Waals surface area contributed by atoms with Crippen LogP contribution in [0.3, 0.4) is 0 Å². The van der Waals surface area contributed by atoms with Crippen molar-refractivity contribution < 1.29 is 24.6 Å². The lowest BCUT2D eigenvalue weighted by atomic mass is 10.2. The van der Waals surface area contributed by atoms with E-state index < -0.39 is 12.0 Å². The van der Waals surface area contributed by atoms with E-state index in [1.165, 1.54) is 24.3 Å². The van der Waals surface area contributed by atoms with E-state index in [9.17, 15) is 19.5 Å². The molecule has 32 heavy (non-hydrogen) atoms. The van der Waals surface area contributed by atoms with E-state index in [1.807, 2.05) is 0 Å². The number of hydrogen-bond donors (Lipinski definition) is 4. The van der Waals surface area contributed by atoms with Crippen molar-refractivity contribution in [1.82, 2.24) is 20.1 Å². The summed E-state index contributed by atoms with van der Waals surface area (Å²) in [6.45, 7) is -0.373. The number of benzene rings is 2. The first-order chi connectivity index (χ1) is 15.4. The first kappa shape index (κ1) is 23.0. The fourth-order valence-electron chi connectivity index (χ4n) is 2.80. The number of hydrogen-bond acceptors (Lipinski definition) is 7. The second-order valence-corrected chi connectivity index (χ2v) is 7.64. The topological polar surface area (TPSA) is 146 Å². The molecule has 0 saturated carbocycles. The summed E-state index contributed by atoms with van der Waals surface area (Å²) in [5.74, 6) is -1.32. The molecule has 11 heteroatoms. The van der Waals surface area contributed by atoms with Gasteiger partial charge in [0.25, 0.3) is 5.91 Å². The van der Waals surface area contributed by atoms with E-state index in [0.717, 1.165) is 11.8 Å². The molecule has 1 aromatic heterocycles. The van der Waals surface area contributed by atoms with Crippen molar-refractivity contribution in [2.45, 2.75) is 11.2 Å². The molecule has 0 aliphatic heterocycles. The quantitative estimate of drug-likeness (QED) is 0.357. The highest BCUT2D eigenvalue weighted by atomic mass is 32.2. The lowest BCUT2D eigenvalue weighted by Gasteiger charge is -2.16. The van der Waals surface area contributed by atoms with Gasteiger partial charge in [0.1, 0.15) is 6.04 Å². The molecule has 0 unspecified atom stereocenters. The normalized spacial score (nSPS) is 11.6. The molecule has 2 aromatic carbocycles. The van der Waals surface area contributed by atoms with Gasteiger partial charge in [-0.1, -0.05) is 30.0 Å². The van der Waals surface area contributed by atoms with E-state index >= 15 is 0 Å². The van der Waals surface area contributed by atoms with E-state index in [2.05, 4.69) is 20.8 Å². The second kappa shape index (κ2) is 10.6. The third-order valence-corrected chi connectivity index (χ3v) is 5.47. The van der Waals surface area contributed by atoms with E-state index in [1.54, 1.807) is 41.9 Å². The van der Waals surface area contributed by atoms with Crippen molar-refractivity contribution in [2.24, 2.45) is 7.05 Å². The van der Waals surface area contributed by atoms with Gasteiger partial charge >= 0.3 is 5.97 Å². The molecular weight excluding hydrogens is 434 g/mol. The third-order valence-electron chi connectivity index (χ3n) is 4.45. The number of rotatable bonds is 9. The Morgan fingerprint density at radius 1 is 1.03 bits per heavy atom. The Labute approximate surface area is 187 Å². The van der Waals surface area contributed by atoms with Crippen LogP contribution in [0.1, 0.15) is 32.6 Å². The van der Waals surface area contributed by atoms with Gasteiger partial charge in [-0.3, -0.25) is 9.59 Å². The number of anilines is 1. The van der Waals surface area contributed by atoms with Crippen LogP contribution < -0.4 is 10.6 Å². The molecular formula is C21H21N5O5S. The molecule has 0 bridgehead atoms. The van der Waals surface area contributed by atoms with Crippen LogP contribution >= 0.6 is 11.8 Å². The van der Waals surface area contributed by atoms with Gasteiger partial charge in [-0.05, 0) is 36.4 Å². The smallest absolute Gasteiger partial charge is 0.335 e. The Kier molecular flexibility index (Phi) is 7.58. The summed E-state index contributed by atoms with van der Waals surface area (Å²) in [4.78, 5) is 35.5. The number of nitrogens with zero attached hydrogens (tertiary/aromatic N) is 3. The highest BCUT2D eigenvalue weighted by molar-refractivity contribution is 7.99. The van der Waals surface area contributed by atoms with Crippen molar-refractivity contribution in [1.29, 1.82) is 0 Å². The minimum Gasteiger partial charge on any atom is -0.478 e. The van der Waals surface area contributed by atoms with Crippen molar-refractivity contribution in [2.75, 3.05) is 17.7 Å². The number of thioether (sulfide) groups is 1. The Hall–Kier alpha value is -3.70. The summed E-state index contributed by atoms with van der Waals surface area (Å²) in [5.41, 5.74) is 1.06. The molecule has 0 aliphatic carbocycles. The van der Waals surface area contributed by atoms with Crippen LogP contribution in [-0.2, 0) is 11.8 Å². The largest absolute Gasteiger partial charge is 0.478 e. The number of aliphatic hydroxyl groups excluding tert-OH is 1. The standard InChI is InChI=1S/C21H21N5O5S/c1-26-18(16(11-27)23-19(29)13-5-3-2-4-6-13)24-25-21(26)32-12-17(28)22-15-9-7-14(8-10-15)20(30)31/h2-10,16,27H,11-12H2,1H3,(H,22,28)(H,23,29)(H,30,31)/t16-/m1/s1. The van der Waals surface area contributed by atoms with E-state index in [-0.39, 0.29) is 29.7 Å². The van der Waals surface area contributed by atoms with Crippen LogP contribution in [0, 0.1) is 0 Å². The van der Waals surface area contributed by atoms with Crippen molar-refractivity contribution in [3.8, 4) is 0 Å². The van der Waals surface area contributed by atoms with Gasteiger partial charge in [0.05, 0.1) is 17.9 Å². The fraction of sp³-hybridized carbons (Fsp3) is 0.190. The minimum atomic E-state index is -1.04. The summed E-state index contributed by atoms with van der Waals surface area (Å²) < 4.78 is 1.60. The third kappa shape index (κ3) is 5.71. The zero-order valence-corrected chi connectivity index (χ0v) is 17.9. The first-order valence-corrected chi connectivity index (χ1v) is 10.5. The summed E-state index contributed by atoms with van der Waals surface area (Å²) in [7, 11) is 1.68. The molecule has 3 rings (SSSR count). The summed E-state index contributed by atoms with van der Waals surface area (Å²) in [6.07, 6.45) is 0. The number of carbonyl (C=O) groups excluding carboxylic acids is 2. The molecule has 2 amide bonds. The van der Waals surface area contributed by atoms with Gasteiger partial charge < -0.3 is 25.4 Å². The summed E-state index contributed by atoms with van der Waals surface area (Å²) in [6, 6.07) is 13.7. The SMILES string of the molecule is Cn1c(SCC(=O)Nc2ccc(C(=O)O)cc2)nnc1[C@@H](CO)NC(=O)c1ccccc1. The molecule has 0 fully saturated rings. The molecule has 0 radical (unpaired) electrons. The Morgan fingerprint density at radius 3 is 2.34 bits per heavy atom. The predicted molar refractivity (Wildman–Crippen MR) is 117 cm³/mol. The maximum atomic E-state index is 12.4. The predicted octanol–water partition coefficient (Wildman–Crippen LogP) is 1.71. The lowest BCUT2D eigenvalue weighted by Crippen LogP contribution is -2.32. The average Bonchev–Trinajstić information content (AvgIpc) is 3.17. The Balaban J connectivity index is 1.59. The van der Waals surface area contributed by atoms with Crippen molar-refractivity contribution in [3.05, 3.63) is 71.5 Å². The van der Waals surface area contributed by atoms with E-state index in [4.69, 9.17) is 5.11 Å². The van der Waals surface area contributed by atoms with Gasteiger partial charge in [0.15, 0.2) is 11.0 Å². The highest BCUT2D eigenvalue weighted by Gasteiger charge is 2.22. The number of carboxylic acid groups (broad SMARTS) is 1. The van der Waals surface area contributed by atoms with Crippen LogP contribution in [-0.4, -0.2) is 55.1 Å². The Morgan fingerprint density at radius 2 is 1.72 bits per heavy atom. The molecule has 0 spiro atoms.